The van der Waals surface area contributed by atoms with E-state index in [1.165, 1.54) is 10.4 Å². The monoisotopic (exact) mass is 394 g/mol. The number of carboxylic acid groups (broad SMARTS) is 1. The second-order valence-electron chi connectivity index (χ2n) is 7.46. The summed E-state index contributed by atoms with van der Waals surface area (Å²) in [5, 5.41) is 11.9. The second kappa shape index (κ2) is 7.98. The molecule has 0 spiro atoms. The smallest absolute Gasteiger partial charge is 0.306 e. The zero-order valence-corrected chi connectivity index (χ0v) is 16.3. The molecule has 2 aliphatic rings. The van der Waals surface area contributed by atoms with Crippen LogP contribution in [0.5, 0.6) is 0 Å². The van der Waals surface area contributed by atoms with E-state index in [0.717, 1.165) is 19.3 Å². The van der Waals surface area contributed by atoms with E-state index in [-0.39, 0.29) is 22.4 Å². The molecule has 7 nitrogen and oxygen atoms in total. The van der Waals surface area contributed by atoms with Crippen LogP contribution in [-0.4, -0.2) is 48.8 Å². The van der Waals surface area contributed by atoms with Crippen molar-refractivity contribution in [3.8, 4) is 0 Å². The van der Waals surface area contributed by atoms with Gasteiger partial charge in [-0.05, 0) is 56.7 Å². The average Bonchev–Trinajstić information content (AvgIpc) is 3.11. The van der Waals surface area contributed by atoms with Crippen LogP contribution in [0.25, 0.3) is 0 Å². The molecule has 0 radical (unpaired) electrons. The summed E-state index contributed by atoms with van der Waals surface area (Å²) in [5.74, 6) is -1.62. The highest BCUT2D eigenvalue weighted by Gasteiger charge is 2.31. The van der Waals surface area contributed by atoms with Crippen LogP contribution in [0, 0.1) is 12.8 Å². The van der Waals surface area contributed by atoms with Gasteiger partial charge >= 0.3 is 5.97 Å². The Morgan fingerprint density at radius 2 is 1.85 bits per heavy atom. The Morgan fingerprint density at radius 3 is 2.48 bits per heavy atom. The van der Waals surface area contributed by atoms with Crippen molar-refractivity contribution in [3.05, 3.63) is 29.3 Å². The summed E-state index contributed by atoms with van der Waals surface area (Å²) < 4.78 is 27.4. The van der Waals surface area contributed by atoms with Gasteiger partial charge in [-0.3, -0.25) is 9.59 Å². The first-order chi connectivity index (χ1) is 12.8. The van der Waals surface area contributed by atoms with Crippen LogP contribution in [0.1, 0.15) is 54.4 Å². The topological polar surface area (TPSA) is 104 Å². The van der Waals surface area contributed by atoms with Crippen LogP contribution in [0.15, 0.2) is 23.1 Å². The minimum absolute atomic E-state index is 0.173. The van der Waals surface area contributed by atoms with Gasteiger partial charge in [0.1, 0.15) is 0 Å². The molecule has 2 N–H and O–H groups in total. The number of nitrogens with one attached hydrogen (secondary N) is 1. The molecular formula is C19H26N2O5S. The summed E-state index contributed by atoms with van der Waals surface area (Å²) in [4.78, 5) is 23.8. The van der Waals surface area contributed by atoms with Crippen molar-refractivity contribution in [1.82, 2.24) is 9.62 Å². The highest BCUT2D eigenvalue weighted by molar-refractivity contribution is 7.89. The fourth-order valence-corrected chi connectivity index (χ4v) is 5.64. The van der Waals surface area contributed by atoms with E-state index in [9.17, 15) is 18.0 Å². The van der Waals surface area contributed by atoms with Crippen LogP contribution in [0.4, 0.5) is 0 Å². The number of aliphatic carboxylic acids is 1. The summed E-state index contributed by atoms with van der Waals surface area (Å²) in [6.07, 6.45) is 4.31. The third kappa shape index (κ3) is 4.32. The standard InChI is InChI=1S/C19H26N2O5S/c1-13-5-6-14(18(22)20-16-8-7-15(11-16)19(23)24)12-17(13)27(25,26)21-9-3-2-4-10-21/h5-6,12,15-16H,2-4,7-11H2,1H3,(H,20,22)(H,23,24)/t15-,16+/m1/s1. The molecule has 2 fully saturated rings. The predicted octanol–water partition coefficient (Wildman–Crippen LogP) is 2.15. The van der Waals surface area contributed by atoms with E-state index in [4.69, 9.17) is 5.11 Å². The first-order valence-electron chi connectivity index (χ1n) is 9.43. The highest BCUT2D eigenvalue weighted by Crippen LogP contribution is 2.27. The number of carboxylic acids is 1. The maximum absolute atomic E-state index is 13.0. The van der Waals surface area contributed by atoms with Crippen LogP contribution < -0.4 is 5.32 Å². The summed E-state index contributed by atoms with van der Waals surface area (Å²) in [6, 6.07) is 4.52. The van der Waals surface area contributed by atoms with E-state index in [1.807, 2.05) is 0 Å². The summed E-state index contributed by atoms with van der Waals surface area (Å²) in [6.45, 7) is 2.75. The zero-order valence-electron chi connectivity index (χ0n) is 15.5. The summed E-state index contributed by atoms with van der Waals surface area (Å²) in [5.41, 5.74) is 0.902. The fraction of sp³-hybridized carbons (Fsp3) is 0.579. The Morgan fingerprint density at radius 1 is 1.15 bits per heavy atom. The van der Waals surface area contributed by atoms with E-state index in [2.05, 4.69) is 5.32 Å². The van der Waals surface area contributed by atoms with Gasteiger partial charge in [0, 0.05) is 24.7 Å². The summed E-state index contributed by atoms with van der Waals surface area (Å²) >= 11 is 0. The Labute approximate surface area is 159 Å². The van der Waals surface area contributed by atoms with E-state index >= 15 is 0 Å². The van der Waals surface area contributed by atoms with Crippen molar-refractivity contribution in [2.75, 3.05) is 13.1 Å². The number of piperidine rings is 1. The molecule has 3 rings (SSSR count). The quantitative estimate of drug-likeness (QED) is 0.796. The van der Waals surface area contributed by atoms with Crippen molar-refractivity contribution < 1.29 is 23.1 Å². The van der Waals surface area contributed by atoms with Crippen LogP contribution in [0.2, 0.25) is 0 Å². The van der Waals surface area contributed by atoms with Gasteiger partial charge in [-0.1, -0.05) is 12.5 Å². The molecule has 1 saturated heterocycles. The SMILES string of the molecule is Cc1ccc(C(=O)N[C@H]2CC[C@@H](C(=O)O)C2)cc1S(=O)(=O)N1CCCCC1. The number of rotatable bonds is 5. The number of carbonyl (C=O) groups excluding carboxylic acids is 1. The van der Waals surface area contributed by atoms with Gasteiger partial charge in [0.25, 0.3) is 5.91 Å². The number of nitrogens with zero attached hydrogens (tertiary/aromatic N) is 1. The van der Waals surface area contributed by atoms with E-state index in [0.29, 0.717) is 37.9 Å². The molecule has 0 unspecified atom stereocenters. The van der Waals surface area contributed by atoms with E-state index < -0.39 is 21.9 Å². The van der Waals surface area contributed by atoms with Gasteiger partial charge in [0.05, 0.1) is 10.8 Å². The zero-order chi connectivity index (χ0) is 19.6. The van der Waals surface area contributed by atoms with Gasteiger partial charge in [0.2, 0.25) is 10.0 Å². The molecule has 0 aromatic heterocycles. The number of carbonyl (C=O) groups is 2. The largest absolute Gasteiger partial charge is 0.481 e. The van der Waals surface area contributed by atoms with E-state index in [1.54, 1.807) is 19.1 Å². The van der Waals surface area contributed by atoms with Gasteiger partial charge in [-0.2, -0.15) is 4.31 Å². The van der Waals surface area contributed by atoms with Gasteiger partial charge in [-0.25, -0.2) is 8.42 Å². The number of hydrogen-bond donors (Lipinski definition) is 2. The van der Waals surface area contributed by atoms with Gasteiger partial charge in [0.15, 0.2) is 0 Å². The van der Waals surface area contributed by atoms with Crippen LogP contribution in [0.3, 0.4) is 0 Å². The average molecular weight is 394 g/mol. The third-order valence-electron chi connectivity index (χ3n) is 5.50. The molecule has 1 aliphatic carbocycles. The number of amides is 1. The minimum Gasteiger partial charge on any atom is -0.481 e. The molecule has 27 heavy (non-hydrogen) atoms. The Bertz CT molecular complexity index is 831. The van der Waals surface area contributed by atoms with Gasteiger partial charge < -0.3 is 10.4 Å². The number of aryl methyl sites for hydroxylation is 1. The molecule has 1 aliphatic heterocycles. The molecule has 1 heterocycles. The van der Waals surface area contributed by atoms with Crippen LogP contribution >= 0.6 is 0 Å². The lowest BCUT2D eigenvalue weighted by molar-refractivity contribution is -0.141. The minimum atomic E-state index is -3.62. The molecule has 0 bridgehead atoms. The first-order valence-corrected chi connectivity index (χ1v) is 10.9. The lowest BCUT2D eigenvalue weighted by atomic mass is 10.1. The fourth-order valence-electron chi connectivity index (χ4n) is 3.87. The second-order valence-corrected chi connectivity index (χ2v) is 9.37. The maximum Gasteiger partial charge on any atom is 0.306 e. The molecule has 1 aromatic carbocycles. The number of sulfonamides is 1. The van der Waals surface area contributed by atoms with Crippen LogP contribution in [-0.2, 0) is 14.8 Å². The van der Waals surface area contributed by atoms with Gasteiger partial charge in [-0.15, -0.1) is 0 Å². The Kier molecular flexibility index (Phi) is 5.86. The number of benzene rings is 1. The highest BCUT2D eigenvalue weighted by atomic mass is 32.2. The van der Waals surface area contributed by atoms with Crippen molar-refractivity contribution in [1.29, 1.82) is 0 Å². The maximum atomic E-state index is 13.0. The van der Waals surface area contributed by atoms with Crippen molar-refractivity contribution >= 4 is 21.9 Å². The Balaban J connectivity index is 1.76. The molecule has 1 aromatic rings. The Hall–Kier alpha value is -1.93. The molecule has 2 atom stereocenters. The molecule has 148 valence electrons. The third-order valence-corrected chi connectivity index (χ3v) is 7.54. The lowest BCUT2D eigenvalue weighted by Gasteiger charge is -2.26. The van der Waals surface area contributed by atoms with Crippen molar-refractivity contribution in [2.45, 2.75) is 56.4 Å². The lowest BCUT2D eigenvalue weighted by Crippen LogP contribution is -2.36. The van der Waals surface area contributed by atoms with Crippen molar-refractivity contribution in [3.63, 3.8) is 0 Å². The molecule has 1 amide bonds. The first kappa shape index (κ1) is 19.8. The normalized spacial score (nSPS) is 23.9. The summed E-state index contributed by atoms with van der Waals surface area (Å²) in [7, 11) is -3.62. The molecule has 1 saturated carbocycles. The molecular weight excluding hydrogens is 368 g/mol. The molecule has 8 heteroatoms. The number of hydrogen-bond acceptors (Lipinski definition) is 4. The predicted molar refractivity (Wildman–Crippen MR) is 100 cm³/mol. The van der Waals surface area contributed by atoms with Crippen molar-refractivity contribution in [2.24, 2.45) is 5.92 Å².